The molecule has 0 saturated carbocycles. The zero-order chi connectivity index (χ0) is 14.1. The van der Waals surface area contributed by atoms with Gasteiger partial charge in [0.1, 0.15) is 0 Å². The summed E-state index contributed by atoms with van der Waals surface area (Å²) in [6.45, 7) is 2.88. The van der Waals surface area contributed by atoms with E-state index in [1.54, 1.807) is 0 Å². The molecular weight excluding hydrogens is 242 g/mol. The Hall–Kier alpha value is -1.39. The first-order valence-corrected chi connectivity index (χ1v) is 6.72. The number of ether oxygens (including phenoxy) is 1. The predicted molar refractivity (Wildman–Crippen MR) is 74.7 cm³/mol. The number of aliphatic hydroxyl groups excluding tert-OH is 1. The summed E-state index contributed by atoms with van der Waals surface area (Å²) in [6.07, 6.45) is 1.23. The molecule has 0 fully saturated rings. The summed E-state index contributed by atoms with van der Waals surface area (Å²) in [5.41, 5.74) is 0.862. The lowest BCUT2D eigenvalue weighted by atomic mass is 9.98. The number of rotatable bonds is 8. The van der Waals surface area contributed by atoms with Crippen molar-refractivity contribution in [1.29, 1.82) is 0 Å². The van der Waals surface area contributed by atoms with Gasteiger partial charge in [-0.15, -0.1) is 0 Å². The first kappa shape index (κ1) is 15.7. The molecule has 0 aromatic heterocycles. The van der Waals surface area contributed by atoms with Crippen molar-refractivity contribution < 1.29 is 14.6 Å². The Morgan fingerprint density at radius 3 is 2.63 bits per heavy atom. The molecular formula is C15H23NO3. The fourth-order valence-electron chi connectivity index (χ4n) is 1.96. The van der Waals surface area contributed by atoms with Gasteiger partial charge < -0.3 is 15.2 Å². The van der Waals surface area contributed by atoms with Crippen molar-refractivity contribution in [2.45, 2.75) is 38.3 Å². The van der Waals surface area contributed by atoms with Gasteiger partial charge in [0.05, 0.1) is 13.2 Å². The van der Waals surface area contributed by atoms with Crippen molar-refractivity contribution in [3.05, 3.63) is 35.9 Å². The Balaban J connectivity index is 2.64. The summed E-state index contributed by atoms with van der Waals surface area (Å²) in [7, 11) is 1.38. The van der Waals surface area contributed by atoms with E-state index in [4.69, 9.17) is 0 Å². The Kier molecular flexibility index (Phi) is 7.15. The molecule has 2 unspecified atom stereocenters. The zero-order valence-corrected chi connectivity index (χ0v) is 11.6. The van der Waals surface area contributed by atoms with Gasteiger partial charge in [-0.3, -0.25) is 4.79 Å². The second-order valence-corrected chi connectivity index (χ2v) is 4.53. The van der Waals surface area contributed by atoms with Crippen molar-refractivity contribution in [3.63, 3.8) is 0 Å². The molecule has 0 amide bonds. The van der Waals surface area contributed by atoms with Crippen LogP contribution in [0.2, 0.25) is 0 Å². The minimum atomic E-state index is -0.614. The Morgan fingerprint density at radius 1 is 1.37 bits per heavy atom. The molecule has 0 saturated heterocycles. The van der Waals surface area contributed by atoms with Crippen LogP contribution in [0.5, 0.6) is 0 Å². The van der Waals surface area contributed by atoms with E-state index in [9.17, 15) is 9.90 Å². The number of carbonyl (C=O) groups is 1. The van der Waals surface area contributed by atoms with E-state index in [-0.39, 0.29) is 12.0 Å². The zero-order valence-electron chi connectivity index (χ0n) is 11.6. The third kappa shape index (κ3) is 5.41. The molecule has 0 aliphatic rings. The van der Waals surface area contributed by atoms with Gasteiger partial charge in [0, 0.05) is 12.5 Å². The molecule has 1 rings (SSSR count). The molecule has 19 heavy (non-hydrogen) atoms. The van der Waals surface area contributed by atoms with Gasteiger partial charge in [-0.25, -0.2) is 0 Å². The average Bonchev–Trinajstić information content (AvgIpc) is 2.47. The van der Waals surface area contributed by atoms with Crippen LogP contribution in [0.25, 0.3) is 0 Å². The molecule has 4 nitrogen and oxygen atoms in total. The maximum atomic E-state index is 11.2. The van der Waals surface area contributed by atoms with E-state index in [0.717, 1.165) is 18.5 Å². The third-order valence-corrected chi connectivity index (χ3v) is 3.07. The number of esters is 1. The van der Waals surface area contributed by atoms with Gasteiger partial charge >= 0.3 is 5.97 Å². The molecule has 1 aromatic carbocycles. The summed E-state index contributed by atoms with van der Waals surface area (Å²) < 4.78 is 4.64. The maximum Gasteiger partial charge on any atom is 0.305 e. The summed E-state index contributed by atoms with van der Waals surface area (Å²) in [4.78, 5) is 11.2. The fraction of sp³-hybridized carbons (Fsp3) is 0.533. The quantitative estimate of drug-likeness (QED) is 0.706. The number of carbonyl (C=O) groups excluding carboxylic acids is 1. The van der Waals surface area contributed by atoms with Gasteiger partial charge in [-0.05, 0) is 24.9 Å². The Labute approximate surface area is 114 Å². The van der Waals surface area contributed by atoms with Gasteiger partial charge in [-0.1, -0.05) is 37.3 Å². The molecule has 0 heterocycles. The maximum absolute atomic E-state index is 11.2. The number of hydrogen-bond acceptors (Lipinski definition) is 4. The molecule has 4 heteroatoms. The average molecular weight is 265 g/mol. The molecule has 0 bridgehead atoms. The number of aliphatic hydroxyl groups is 1. The molecule has 0 aliphatic heterocycles. The summed E-state index contributed by atoms with van der Waals surface area (Å²) in [5.74, 6) is -0.247. The highest BCUT2D eigenvalue weighted by Crippen LogP contribution is 2.19. The second kappa shape index (κ2) is 8.67. The van der Waals surface area contributed by atoms with Gasteiger partial charge in [0.25, 0.3) is 0 Å². The van der Waals surface area contributed by atoms with Crippen LogP contribution in [0.15, 0.2) is 30.3 Å². The van der Waals surface area contributed by atoms with Crippen LogP contribution in [-0.2, 0) is 9.53 Å². The van der Waals surface area contributed by atoms with E-state index >= 15 is 0 Å². The van der Waals surface area contributed by atoms with Crippen molar-refractivity contribution >= 4 is 5.97 Å². The lowest BCUT2D eigenvalue weighted by molar-refractivity contribution is -0.141. The third-order valence-electron chi connectivity index (χ3n) is 3.07. The van der Waals surface area contributed by atoms with Crippen LogP contribution in [0.3, 0.4) is 0 Å². The summed E-state index contributed by atoms with van der Waals surface area (Å²) in [5, 5.41) is 13.7. The SMILES string of the molecule is CCCNC(CCC(=O)OC)C(O)c1ccccc1. The Bertz CT molecular complexity index is 367. The van der Waals surface area contributed by atoms with Crippen LogP contribution in [0, 0.1) is 0 Å². The fourth-order valence-corrected chi connectivity index (χ4v) is 1.96. The van der Waals surface area contributed by atoms with E-state index in [2.05, 4.69) is 17.0 Å². The molecule has 1 aromatic rings. The topological polar surface area (TPSA) is 58.6 Å². The molecule has 0 spiro atoms. The summed E-state index contributed by atoms with van der Waals surface area (Å²) >= 11 is 0. The minimum absolute atomic E-state index is 0.138. The van der Waals surface area contributed by atoms with E-state index in [1.165, 1.54) is 7.11 Å². The number of hydrogen-bond donors (Lipinski definition) is 2. The summed E-state index contributed by atoms with van der Waals surface area (Å²) in [6, 6.07) is 9.36. The highest BCUT2D eigenvalue weighted by Gasteiger charge is 2.21. The minimum Gasteiger partial charge on any atom is -0.469 e. The van der Waals surface area contributed by atoms with Gasteiger partial charge in [-0.2, -0.15) is 0 Å². The smallest absolute Gasteiger partial charge is 0.305 e. The predicted octanol–water partition coefficient (Wildman–Crippen LogP) is 2.04. The van der Waals surface area contributed by atoms with Gasteiger partial charge in [0.15, 0.2) is 0 Å². The van der Waals surface area contributed by atoms with Crippen LogP contribution in [0.1, 0.15) is 37.9 Å². The molecule has 2 atom stereocenters. The highest BCUT2D eigenvalue weighted by atomic mass is 16.5. The molecule has 0 aliphatic carbocycles. The largest absolute Gasteiger partial charge is 0.469 e. The number of benzene rings is 1. The van der Waals surface area contributed by atoms with Crippen molar-refractivity contribution in [2.24, 2.45) is 0 Å². The standard InChI is InChI=1S/C15H23NO3/c1-3-11-16-13(9-10-14(17)19-2)15(18)12-7-5-4-6-8-12/h4-8,13,15-16,18H,3,9-11H2,1-2H3. The second-order valence-electron chi connectivity index (χ2n) is 4.53. The van der Waals surface area contributed by atoms with Crippen LogP contribution in [0.4, 0.5) is 0 Å². The van der Waals surface area contributed by atoms with E-state index in [1.807, 2.05) is 30.3 Å². The monoisotopic (exact) mass is 265 g/mol. The molecule has 0 radical (unpaired) electrons. The van der Waals surface area contributed by atoms with Crippen LogP contribution >= 0.6 is 0 Å². The van der Waals surface area contributed by atoms with Crippen molar-refractivity contribution in [1.82, 2.24) is 5.32 Å². The first-order valence-electron chi connectivity index (χ1n) is 6.72. The number of nitrogens with one attached hydrogen (secondary N) is 1. The molecule has 2 N–H and O–H groups in total. The van der Waals surface area contributed by atoms with E-state index in [0.29, 0.717) is 12.8 Å². The molecule has 106 valence electrons. The van der Waals surface area contributed by atoms with Crippen LogP contribution < -0.4 is 5.32 Å². The Morgan fingerprint density at radius 2 is 2.05 bits per heavy atom. The highest BCUT2D eigenvalue weighted by molar-refractivity contribution is 5.69. The lowest BCUT2D eigenvalue weighted by Gasteiger charge is -2.24. The number of methoxy groups -OCH3 is 1. The van der Waals surface area contributed by atoms with Crippen molar-refractivity contribution in [2.75, 3.05) is 13.7 Å². The van der Waals surface area contributed by atoms with Gasteiger partial charge in [0.2, 0.25) is 0 Å². The lowest BCUT2D eigenvalue weighted by Crippen LogP contribution is -2.36. The van der Waals surface area contributed by atoms with E-state index < -0.39 is 6.10 Å². The van der Waals surface area contributed by atoms with Crippen LogP contribution in [-0.4, -0.2) is 30.8 Å². The van der Waals surface area contributed by atoms with Crippen molar-refractivity contribution in [3.8, 4) is 0 Å². The first-order chi connectivity index (χ1) is 9.19. The normalized spacial score (nSPS) is 13.8.